The van der Waals surface area contributed by atoms with Crippen LogP contribution < -0.4 is 0 Å². The lowest BCUT2D eigenvalue weighted by atomic mass is 9.99. The summed E-state index contributed by atoms with van der Waals surface area (Å²) in [5.41, 5.74) is 3.14. The lowest BCUT2D eigenvalue weighted by Gasteiger charge is -2.11. The number of aliphatic hydroxyl groups excluding tert-OH is 1. The molecule has 0 spiro atoms. The molecule has 2 aromatic rings. The second-order valence-electron chi connectivity index (χ2n) is 5.53. The van der Waals surface area contributed by atoms with Crippen LogP contribution in [0.2, 0.25) is 0 Å². The number of hydrogen-bond acceptors (Lipinski definition) is 2. The molecular formula is C19H24O2. The monoisotopic (exact) mass is 284 g/mol. The van der Waals surface area contributed by atoms with Crippen molar-refractivity contribution < 1.29 is 10.2 Å². The second-order valence-corrected chi connectivity index (χ2v) is 5.53. The molecule has 0 heterocycles. The highest BCUT2D eigenvalue weighted by Gasteiger charge is 2.07. The van der Waals surface area contributed by atoms with Crippen LogP contribution in [0.4, 0.5) is 0 Å². The van der Waals surface area contributed by atoms with Gasteiger partial charge in [0.25, 0.3) is 0 Å². The quantitative estimate of drug-likeness (QED) is 0.697. The lowest BCUT2D eigenvalue weighted by molar-refractivity contribution is 0.163. The van der Waals surface area contributed by atoms with Crippen molar-refractivity contribution in [2.24, 2.45) is 0 Å². The molecule has 2 N–H and O–H groups in total. The standard InChI is InChI=1S/C19H24O2/c1-2-3-4-5-6-19(21)17-9-7-15(8-10-17)16-11-13-18(20)14-12-16/h7-14,19-21H,2-6H2,1H3/t19-/m0/s1. The number of aromatic hydroxyl groups is 1. The van der Waals surface area contributed by atoms with Gasteiger partial charge in [-0.2, -0.15) is 0 Å². The fraction of sp³-hybridized carbons (Fsp3) is 0.368. The normalized spacial score (nSPS) is 12.3. The predicted molar refractivity (Wildman–Crippen MR) is 87.3 cm³/mol. The van der Waals surface area contributed by atoms with Gasteiger partial charge in [-0.15, -0.1) is 0 Å². The number of unbranched alkanes of at least 4 members (excludes halogenated alkanes) is 3. The summed E-state index contributed by atoms with van der Waals surface area (Å²) in [6.07, 6.45) is 5.20. The minimum Gasteiger partial charge on any atom is -0.508 e. The van der Waals surface area contributed by atoms with Gasteiger partial charge in [0.1, 0.15) is 5.75 Å². The molecule has 0 aliphatic carbocycles. The zero-order chi connectivity index (χ0) is 15.1. The maximum atomic E-state index is 10.2. The summed E-state index contributed by atoms with van der Waals surface area (Å²) in [4.78, 5) is 0. The molecule has 2 aromatic carbocycles. The van der Waals surface area contributed by atoms with Crippen molar-refractivity contribution in [2.45, 2.75) is 45.1 Å². The van der Waals surface area contributed by atoms with Crippen molar-refractivity contribution in [3.63, 3.8) is 0 Å². The fourth-order valence-corrected chi connectivity index (χ4v) is 2.48. The van der Waals surface area contributed by atoms with Gasteiger partial charge in [0.2, 0.25) is 0 Å². The molecule has 2 rings (SSSR count). The third kappa shape index (κ3) is 4.61. The van der Waals surface area contributed by atoms with Gasteiger partial charge in [-0.25, -0.2) is 0 Å². The fourth-order valence-electron chi connectivity index (χ4n) is 2.48. The Balaban J connectivity index is 1.96. The summed E-state index contributed by atoms with van der Waals surface area (Å²) in [5, 5.41) is 19.5. The van der Waals surface area contributed by atoms with Crippen molar-refractivity contribution in [1.29, 1.82) is 0 Å². The van der Waals surface area contributed by atoms with Gasteiger partial charge in [-0.05, 0) is 35.2 Å². The second kappa shape index (κ2) is 7.84. The molecule has 0 radical (unpaired) electrons. The van der Waals surface area contributed by atoms with E-state index in [4.69, 9.17) is 0 Å². The van der Waals surface area contributed by atoms with Gasteiger partial charge in [0.05, 0.1) is 6.10 Å². The first-order valence-electron chi connectivity index (χ1n) is 7.78. The van der Waals surface area contributed by atoms with E-state index in [0.717, 1.165) is 29.5 Å². The number of aliphatic hydroxyl groups is 1. The zero-order valence-electron chi connectivity index (χ0n) is 12.6. The maximum Gasteiger partial charge on any atom is 0.115 e. The van der Waals surface area contributed by atoms with Crippen molar-refractivity contribution in [2.75, 3.05) is 0 Å². The molecule has 21 heavy (non-hydrogen) atoms. The topological polar surface area (TPSA) is 40.5 Å². The summed E-state index contributed by atoms with van der Waals surface area (Å²) in [6, 6.07) is 15.2. The van der Waals surface area contributed by atoms with Crippen LogP contribution in [0.25, 0.3) is 11.1 Å². The number of benzene rings is 2. The van der Waals surface area contributed by atoms with Crippen LogP contribution >= 0.6 is 0 Å². The van der Waals surface area contributed by atoms with E-state index in [-0.39, 0.29) is 11.9 Å². The first-order chi connectivity index (χ1) is 10.2. The van der Waals surface area contributed by atoms with E-state index in [2.05, 4.69) is 6.92 Å². The Morgan fingerprint density at radius 2 is 1.38 bits per heavy atom. The van der Waals surface area contributed by atoms with E-state index in [1.54, 1.807) is 12.1 Å². The van der Waals surface area contributed by atoms with Crippen molar-refractivity contribution in [3.05, 3.63) is 54.1 Å². The number of rotatable bonds is 7. The van der Waals surface area contributed by atoms with Crippen LogP contribution in [-0.2, 0) is 0 Å². The van der Waals surface area contributed by atoms with Crippen LogP contribution in [-0.4, -0.2) is 10.2 Å². The summed E-state index contributed by atoms with van der Waals surface area (Å²) in [5.74, 6) is 0.276. The van der Waals surface area contributed by atoms with Crippen LogP contribution in [0.5, 0.6) is 5.75 Å². The third-order valence-electron chi connectivity index (χ3n) is 3.83. The molecule has 112 valence electrons. The molecule has 2 heteroatoms. The van der Waals surface area contributed by atoms with E-state index in [1.165, 1.54) is 19.3 Å². The average Bonchev–Trinajstić information content (AvgIpc) is 2.52. The molecular weight excluding hydrogens is 260 g/mol. The predicted octanol–water partition coefficient (Wildman–Crippen LogP) is 5.06. The van der Waals surface area contributed by atoms with E-state index in [1.807, 2.05) is 36.4 Å². The van der Waals surface area contributed by atoms with Crippen molar-refractivity contribution >= 4 is 0 Å². The molecule has 0 fully saturated rings. The van der Waals surface area contributed by atoms with Crippen LogP contribution in [0.15, 0.2) is 48.5 Å². The van der Waals surface area contributed by atoms with E-state index in [9.17, 15) is 10.2 Å². The van der Waals surface area contributed by atoms with Gasteiger partial charge >= 0.3 is 0 Å². The molecule has 0 unspecified atom stereocenters. The molecule has 0 saturated heterocycles. The van der Waals surface area contributed by atoms with Crippen molar-refractivity contribution in [3.8, 4) is 16.9 Å². The Morgan fingerprint density at radius 1 is 0.810 bits per heavy atom. The van der Waals surface area contributed by atoms with Gasteiger partial charge in [-0.1, -0.05) is 69.0 Å². The van der Waals surface area contributed by atoms with E-state index in [0.29, 0.717) is 0 Å². The molecule has 1 atom stereocenters. The minimum atomic E-state index is -0.365. The molecule has 0 aliphatic heterocycles. The molecule has 0 aromatic heterocycles. The largest absolute Gasteiger partial charge is 0.508 e. The first kappa shape index (κ1) is 15.6. The Morgan fingerprint density at radius 3 is 1.95 bits per heavy atom. The summed E-state index contributed by atoms with van der Waals surface area (Å²) in [7, 11) is 0. The molecule has 2 nitrogen and oxygen atoms in total. The average molecular weight is 284 g/mol. The zero-order valence-corrected chi connectivity index (χ0v) is 12.6. The maximum absolute atomic E-state index is 10.2. The summed E-state index contributed by atoms with van der Waals surface area (Å²) in [6.45, 7) is 2.19. The Bertz CT molecular complexity index is 528. The highest BCUT2D eigenvalue weighted by molar-refractivity contribution is 5.64. The summed E-state index contributed by atoms with van der Waals surface area (Å²) >= 11 is 0. The Hall–Kier alpha value is -1.80. The molecule has 0 saturated carbocycles. The highest BCUT2D eigenvalue weighted by atomic mass is 16.3. The van der Waals surface area contributed by atoms with Gasteiger partial charge < -0.3 is 10.2 Å². The molecule has 0 aliphatic rings. The van der Waals surface area contributed by atoms with Crippen LogP contribution in [0.1, 0.15) is 50.7 Å². The van der Waals surface area contributed by atoms with E-state index < -0.39 is 0 Å². The smallest absolute Gasteiger partial charge is 0.115 e. The van der Waals surface area contributed by atoms with Gasteiger partial charge in [-0.3, -0.25) is 0 Å². The minimum absolute atomic E-state index is 0.276. The molecule has 0 bridgehead atoms. The lowest BCUT2D eigenvalue weighted by Crippen LogP contribution is -1.97. The number of phenolic OH excluding ortho intramolecular Hbond substituents is 1. The number of hydrogen-bond donors (Lipinski definition) is 2. The SMILES string of the molecule is CCCCCC[C@H](O)c1ccc(-c2ccc(O)cc2)cc1. The highest BCUT2D eigenvalue weighted by Crippen LogP contribution is 2.25. The Kier molecular flexibility index (Phi) is 5.82. The van der Waals surface area contributed by atoms with Crippen LogP contribution in [0, 0.1) is 0 Å². The summed E-state index contributed by atoms with van der Waals surface area (Å²) < 4.78 is 0. The van der Waals surface area contributed by atoms with E-state index >= 15 is 0 Å². The third-order valence-corrected chi connectivity index (χ3v) is 3.83. The van der Waals surface area contributed by atoms with Crippen LogP contribution in [0.3, 0.4) is 0 Å². The first-order valence-corrected chi connectivity index (χ1v) is 7.78. The van der Waals surface area contributed by atoms with Gasteiger partial charge in [0.15, 0.2) is 0 Å². The van der Waals surface area contributed by atoms with Gasteiger partial charge in [0, 0.05) is 0 Å². The Labute approximate surface area is 127 Å². The number of phenols is 1. The molecule has 0 amide bonds. The van der Waals surface area contributed by atoms with Crippen molar-refractivity contribution in [1.82, 2.24) is 0 Å².